The maximum absolute atomic E-state index is 10.8. The largest absolute Gasteiger partial charge is 0.504 e. The normalized spacial score (nSPS) is 19.2. The molecule has 2 aromatic rings. The summed E-state index contributed by atoms with van der Waals surface area (Å²) in [6, 6.07) is 13.9. The van der Waals surface area contributed by atoms with Crippen LogP contribution in [0.2, 0.25) is 0 Å². The van der Waals surface area contributed by atoms with Crippen LogP contribution in [-0.2, 0) is 11.2 Å². The van der Waals surface area contributed by atoms with Crippen molar-refractivity contribution in [3.05, 3.63) is 64.7 Å². The van der Waals surface area contributed by atoms with Gasteiger partial charge in [-0.05, 0) is 34.8 Å². The number of aromatic hydroxyl groups is 1. The van der Waals surface area contributed by atoms with Crippen molar-refractivity contribution in [2.75, 3.05) is 13.1 Å². The van der Waals surface area contributed by atoms with Gasteiger partial charge in [0.15, 0.2) is 11.5 Å². The molecule has 4 rings (SSSR count). The molecule has 23 heavy (non-hydrogen) atoms. The minimum Gasteiger partial charge on any atom is -0.504 e. The first-order chi connectivity index (χ1) is 11.3. The summed E-state index contributed by atoms with van der Waals surface area (Å²) in [5, 5.41) is 13.5. The molecule has 0 amide bonds. The fraction of sp³-hybridized carbons (Fsp3) is 0.211. The zero-order valence-corrected chi connectivity index (χ0v) is 12.6. The molecule has 1 heterocycles. The van der Waals surface area contributed by atoms with E-state index in [4.69, 9.17) is 4.74 Å². The Labute approximate surface area is 134 Å². The van der Waals surface area contributed by atoms with Gasteiger partial charge in [-0.15, -0.1) is 0 Å². The standard InChI is InChI=1S/C19H17NO3/c21-11-23-19-15-8-14(12-4-2-1-3-5-12)17-10-20-9-16(17)13(15)6-7-18(19)22/h1-7,11,14,20,22H,8-10H2. The molecule has 0 fully saturated rings. The quantitative estimate of drug-likeness (QED) is 0.856. The van der Waals surface area contributed by atoms with E-state index in [1.807, 2.05) is 24.3 Å². The molecular weight excluding hydrogens is 290 g/mol. The van der Waals surface area contributed by atoms with E-state index in [9.17, 15) is 9.90 Å². The monoisotopic (exact) mass is 307 g/mol. The van der Waals surface area contributed by atoms with Crippen LogP contribution in [-0.4, -0.2) is 24.7 Å². The third kappa shape index (κ3) is 2.23. The van der Waals surface area contributed by atoms with E-state index in [1.165, 1.54) is 16.7 Å². The lowest BCUT2D eigenvalue weighted by atomic mass is 9.76. The molecule has 2 N–H and O–H groups in total. The van der Waals surface area contributed by atoms with E-state index in [0.717, 1.165) is 30.6 Å². The van der Waals surface area contributed by atoms with Crippen LogP contribution < -0.4 is 10.1 Å². The Bertz CT molecular complexity index is 796. The topological polar surface area (TPSA) is 58.6 Å². The Hall–Kier alpha value is -2.59. The highest BCUT2D eigenvalue weighted by molar-refractivity contribution is 5.81. The molecule has 116 valence electrons. The predicted octanol–water partition coefficient (Wildman–Crippen LogP) is 2.62. The summed E-state index contributed by atoms with van der Waals surface area (Å²) < 4.78 is 5.09. The molecule has 4 nitrogen and oxygen atoms in total. The van der Waals surface area contributed by atoms with Crippen molar-refractivity contribution in [3.8, 4) is 11.5 Å². The van der Waals surface area contributed by atoms with Crippen molar-refractivity contribution in [3.63, 3.8) is 0 Å². The summed E-state index contributed by atoms with van der Waals surface area (Å²) in [7, 11) is 0. The molecule has 1 aliphatic heterocycles. The highest BCUT2D eigenvalue weighted by atomic mass is 16.5. The third-order valence-electron chi connectivity index (χ3n) is 4.77. The SMILES string of the molecule is O=COc1c(O)ccc2c1CC(c1ccccc1)C1=C2CNC1. The van der Waals surface area contributed by atoms with Gasteiger partial charge in [0.2, 0.25) is 0 Å². The fourth-order valence-corrected chi connectivity index (χ4v) is 3.76. The number of phenolic OH excluding ortho intramolecular Hbond substituents is 1. The van der Waals surface area contributed by atoms with Gasteiger partial charge in [0.05, 0.1) is 0 Å². The Balaban J connectivity index is 1.89. The molecule has 2 aliphatic rings. The van der Waals surface area contributed by atoms with Gasteiger partial charge in [-0.1, -0.05) is 36.4 Å². The Morgan fingerprint density at radius 3 is 2.74 bits per heavy atom. The van der Waals surface area contributed by atoms with E-state index in [2.05, 4.69) is 17.4 Å². The molecular formula is C19H17NO3. The van der Waals surface area contributed by atoms with E-state index < -0.39 is 0 Å². The van der Waals surface area contributed by atoms with Crippen LogP contribution in [0.5, 0.6) is 11.5 Å². The summed E-state index contributed by atoms with van der Waals surface area (Å²) in [5.41, 5.74) is 5.89. The number of hydrogen-bond acceptors (Lipinski definition) is 4. The lowest BCUT2D eigenvalue weighted by Crippen LogP contribution is -2.16. The number of rotatable bonds is 3. The average Bonchev–Trinajstić information content (AvgIpc) is 3.07. The summed E-state index contributed by atoms with van der Waals surface area (Å²) in [6.45, 7) is 2.06. The van der Waals surface area contributed by atoms with Crippen LogP contribution in [0.25, 0.3) is 5.57 Å². The zero-order valence-electron chi connectivity index (χ0n) is 12.6. The molecule has 1 aliphatic carbocycles. The van der Waals surface area contributed by atoms with Gasteiger partial charge in [-0.3, -0.25) is 4.79 Å². The molecule has 0 spiro atoms. The van der Waals surface area contributed by atoms with Crippen LogP contribution in [0.15, 0.2) is 48.0 Å². The number of ether oxygens (including phenoxy) is 1. The highest BCUT2D eigenvalue weighted by Gasteiger charge is 2.33. The Kier molecular flexibility index (Phi) is 3.39. The van der Waals surface area contributed by atoms with Crippen molar-refractivity contribution in [1.29, 1.82) is 0 Å². The maximum atomic E-state index is 10.8. The summed E-state index contributed by atoms with van der Waals surface area (Å²) >= 11 is 0. The van der Waals surface area contributed by atoms with Crippen LogP contribution >= 0.6 is 0 Å². The number of benzene rings is 2. The third-order valence-corrected chi connectivity index (χ3v) is 4.77. The molecule has 4 heteroatoms. The van der Waals surface area contributed by atoms with Crippen LogP contribution in [0.4, 0.5) is 0 Å². The van der Waals surface area contributed by atoms with E-state index in [-0.39, 0.29) is 17.4 Å². The zero-order chi connectivity index (χ0) is 15.8. The predicted molar refractivity (Wildman–Crippen MR) is 87.5 cm³/mol. The van der Waals surface area contributed by atoms with Gasteiger partial charge in [0, 0.05) is 24.6 Å². The molecule has 1 atom stereocenters. The highest BCUT2D eigenvalue weighted by Crippen LogP contribution is 2.47. The van der Waals surface area contributed by atoms with Crippen molar-refractivity contribution >= 4 is 12.0 Å². The van der Waals surface area contributed by atoms with Gasteiger partial charge < -0.3 is 15.2 Å². The summed E-state index contributed by atoms with van der Waals surface area (Å²) in [6.07, 6.45) is 0.720. The van der Waals surface area contributed by atoms with Crippen LogP contribution in [0, 0.1) is 0 Å². The minimum atomic E-state index is 0.0117. The van der Waals surface area contributed by atoms with E-state index in [1.54, 1.807) is 6.07 Å². The molecule has 0 radical (unpaired) electrons. The number of nitrogens with one attached hydrogen (secondary N) is 1. The summed E-state index contributed by atoms with van der Waals surface area (Å²) in [4.78, 5) is 10.8. The molecule has 0 saturated carbocycles. The van der Waals surface area contributed by atoms with Gasteiger partial charge in [0.1, 0.15) is 0 Å². The smallest absolute Gasteiger partial charge is 0.298 e. The second-order valence-corrected chi connectivity index (χ2v) is 5.93. The minimum absolute atomic E-state index is 0.0117. The average molecular weight is 307 g/mol. The Morgan fingerprint density at radius 1 is 1.13 bits per heavy atom. The summed E-state index contributed by atoms with van der Waals surface area (Å²) in [5.74, 6) is 0.541. The van der Waals surface area contributed by atoms with E-state index >= 15 is 0 Å². The number of hydrogen-bond donors (Lipinski definition) is 2. The lowest BCUT2D eigenvalue weighted by molar-refractivity contribution is -0.120. The van der Waals surface area contributed by atoms with Crippen molar-refractivity contribution in [2.45, 2.75) is 12.3 Å². The number of carbonyl (C=O) groups is 1. The number of fused-ring (bicyclic) bond motifs is 2. The van der Waals surface area contributed by atoms with Gasteiger partial charge >= 0.3 is 0 Å². The first-order valence-electron chi connectivity index (χ1n) is 7.72. The molecule has 2 aromatic carbocycles. The molecule has 0 saturated heterocycles. The van der Waals surface area contributed by atoms with Gasteiger partial charge in [-0.2, -0.15) is 0 Å². The van der Waals surface area contributed by atoms with Crippen LogP contribution in [0.1, 0.15) is 22.6 Å². The molecule has 0 bridgehead atoms. The maximum Gasteiger partial charge on any atom is 0.298 e. The first kappa shape index (κ1) is 14.0. The number of carbonyl (C=O) groups excluding carboxylic acids is 1. The van der Waals surface area contributed by atoms with Crippen molar-refractivity contribution in [2.24, 2.45) is 0 Å². The molecule has 1 unspecified atom stereocenters. The first-order valence-corrected chi connectivity index (χ1v) is 7.72. The van der Waals surface area contributed by atoms with Crippen molar-refractivity contribution in [1.82, 2.24) is 5.32 Å². The lowest BCUT2D eigenvalue weighted by Gasteiger charge is -2.28. The van der Waals surface area contributed by atoms with Gasteiger partial charge in [-0.25, -0.2) is 0 Å². The Morgan fingerprint density at radius 2 is 1.96 bits per heavy atom. The van der Waals surface area contributed by atoms with Crippen LogP contribution in [0.3, 0.4) is 0 Å². The van der Waals surface area contributed by atoms with E-state index in [0.29, 0.717) is 6.47 Å². The number of phenols is 1. The van der Waals surface area contributed by atoms with Crippen molar-refractivity contribution < 1.29 is 14.6 Å². The fourth-order valence-electron chi connectivity index (χ4n) is 3.76. The second-order valence-electron chi connectivity index (χ2n) is 5.93. The second kappa shape index (κ2) is 5.56. The molecule has 0 aromatic heterocycles. The van der Waals surface area contributed by atoms with Gasteiger partial charge in [0.25, 0.3) is 6.47 Å².